The molecule has 1 aliphatic rings. The van der Waals surface area contributed by atoms with Crippen molar-refractivity contribution in [1.82, 2.24) is 4.90 Å². The van der Waals surface area contributed by atoms with E-state index < -0.39 is 17.6 Å². The van der Waals surface area contributed by atoms with Gasteiger partial charge in [-0.15, -0.1) is 0 Å². The van der Waals surface area contributed by atoms with Gasteiger partial charge in [-0.1, -0.05) is 6.92 Å². The molecule has 1 amide bonds. The van der Waals surface area contributed by atoms with Crippen molar-refractivity contribution in [2.45, 2.75) is 58.5 Å². The van der Waals surface area contributed by atoms with Crippen LogP contribution in [0.4, 0.5) is 4.79 Å². The van der Waals surface area contributed by atoms with Gasteiger partial charge in [-0.05, 0) is 46.0 Å². The van der Waals surface area contributed by atoms with E-state index >= 15 is 0 Å². The summed E-state index contributed by atoms with van der Waals surface area (Å²) in [5.41, 5.74) is -0.587. The summed E-state index contributed by atoms with van der Waals surface area (Å²) in [7, 11) is 1.35. The van der Waals surface area contributed by atoms with E-state index in [9.17, 15) is 14.7 Å². The fourth-order valence-corrected chi connectivity index (χ4v) is 2.99. The smallest absolute Gasteiger partial charge is 0.310 e. The summed E-state index contributed by atoms with van der Waals surface area (Å²) < 4.78 is 4.83. The predicted octanol–water partition coefficient (Wildman–Crippen LogP) is 1.41. The SMILES string of the molecule is COC(=O)C1CC(C)CCC1N(C(=O)[O-])C(C)(C)C. The summed E-state index contributed by atoms with van der Waals surface area (Å²) in [6.07, 6.45) is 1.03. The molecule has 0 bridgehead atoms. The van der Waals surface area contributed by atoms with Gasteiger partial charge in [0.2, 0.25) is 0 Å². The third-order valence-corrected chi connectivity index (χ3v) is 3.83. The number of hydrogen-bond acceptors (Lipinski definition) is 4. The molecular formula is C14H24NO4-. The maximum Gasteiger partial charge on any atom is 0.310 e. The van der Waals surface area contributed by atoms with Gasteiger partial charge in [0.05, 0.1) is 13.0 Å². The van der Waals surface area contributed by atoms with Crippen molar-refractivity contribution < 1.29 is 19.4 Å². The quantitative estimate of drug-likeness (QED) is 0.711. The molecular weight excluding hydrogens is 246 g/mol. The minimum Gasteiger partial charge on any atom is -0.530 e. The first kappa shape index (κ1) is 15.8. The van der Waals surface area contributed by atoms with E-state index in [1.807, 2.05) is 20.8 Å². The Morgan fingerprint density at radius 1 is 1.26 bits per heavy atom. The summed E-state index contributed by atoms with van der Waals surface area (Å²) in [4.78, 5) is 24.7. The average molecular weight is 270 g/mol. The number of ether oxygens (including phenoxy) is 1. The van der Waals surface area contributed by atoms with Crippen LogP contribution in [-0.2, 0) is 9.53 Å². The van der Waals surface area contributed by atoms with E-state index in [1.54, 1.807) is 0 Å². The fraction of sp³-hybridized carbons (Fsp3) is 0.857. The van der Waals surface area contributed by atoms with Crippen molar-refractivity contribution in [2.24, 2.45) is 11.8 Å². The second-order valence-electron chi connectivity index (χ2n) is 6.42. The largest absolute Gasteiger partial charge is 0.530 e. The first-order valence-electron chi connectivity index (χ1n) is 6.76. The van der Waals surface area contributed by atoms with Crippen LogP contribution in [-0.4, -0.2) is 35.7 Å². The van der Waals surface area contributed by atoms with Crippen LogP contribution in [0, 0.1) is 11.8 Å². The van der Waals surface area contributed by atoms with E-state index in [4.69, 9.17) is 4.74 Å². The lowest BCUT2D eigenvalue weighted by atomic mass is 9.77. The van der Waals surface area contributed by atoms with Crippen LogP contribution in [0.2, 0.25) is 0 Å². The highest BCUT2D eigenvalue weighted by molar-refractivity contribution is 5.74. The van der Waals surface area contributed by atoms with Crippen LogP contribution < -0.4 is 5.11 Å². The minimum absolute atomic E-state index is 0.327. The van der Waals surface area contributed by atoms with Gasteiger partial charge in [0, 0.05) is 11.6 Å². The van der Waals surface area contributed by atoms with E-state index in [0.717, 1.165) is 6.42 Å². The number of esters is 1. The molecule has 0 spiro atoms. The van der Waals surface area contributed by atoms with E-state index in [1.165, 1.54) is 12.0 Å². The highest BCUT2D eigenvalue weighted by Crippen LogP contribution is 2.35. The van der Waals surface area contributed by atoms with Gasteiger partial charge in [0.1, 0.15) is 6.09 Å². The lowest BCUT2D eigenvalue weighted by molar-refractivity contribution is -0.275. The molecule has 3 unspecified atom stereocenters. The molecule has 1 fully saturated rings. The average Bonchev–Trinajstić information content (AvgIpc) is 2.28. The molecule has 3 atom stereocenters. The molecule has 5 nitrogen and oxygen atoms in total. The van der Waals surface area contributed by atoms with Crippen LogP contribution in [0.1, 0.15) is 47.0 Å². The normalized spacial score (nSPS) is 27.7. The van der Waals surface area contributed by atoms with Gasteiger partial charge >= 0.3 is 5.97 Å². The van der Waals surface area contributed by atoms with Gasteiger partial charge in [0.15, 0.2) is 0 Å². The van der Waals surface area contributed by atoms with Crippen molar-refractivity contribution in [3.63, 3.8) is 0 Å². The zero-order chi connectivity index (χ0) is 14.8. The number of methoxy groups -OCH3 is 1. The number of nitrogens with zero attached hydrogens (tertiary/aromatic N) is 1. The van der Waals surface area contributed by atoms with Crippen molar-refractivity contribution in [3.05, 3.63) is 0 Å². The molecule has 19 heavy (non-hydrogen) atoms. The second kappa shape index (κ2) is 5.80. The summed E-state index contributed by atoms with van der Waals surface area (Å²) >= 11 is 0. The maximum atomic E-state index is 11.9. The Morgan fingerprint density at radius 2 is 1.84 bits per heavy atom. The predicted molar refractivity (Wildman–Crippen MR) is 69.3 cm³/mol. The van der Waals surface area contributed by atoms with Crippen LogP contribution in [0.5, 0.6) is 0 Å². The first-order valence-corrected chi connectivity index (χ1v) is 6.76. The molecule has 0 N–H and O–H groups in total. The number of amides is 1. The van der Waals surface area contributed by atoms with Gasteiger partial charge in [-0.3, -0.25) is 4.79 Å². The standard InChI is InChI=1S/C14H25NO4/c1-9-6-7-11(10(8-9)12(16)19-5)15(13(17)18)14(2,3)4/h9-11H,6-8H2,1-5H3,(H,17,18)/p-1. The molecule has 5 heteroatoms. The number of carboxylic acid groups (broad SMARTS) is 1. The Kier molecular flexibility index (Phi) is 4.82. The van der Waals surface area contributed by atoms with Crippen LogP contribution >= 0.6 is 0 Å². The fourth-order valence-electron chi connectivity index (χ4n) is 2.99. The van der Waals surface area contributed by atoms with Crippen LogP contribution in [0.25, 0.3) is 0 Å². The number of carbonyl (C=O) groups excluding carboxylic acids is 2. The molecule has 0 radical (unpaired) electrons. The van der Waals surface area contributed by atoms with Gasteiger partial charge in [0.25, 0.3) is 0 Å². The maximum absolute atomic E-state index is 11.9. The summed E-state index contributed by atoms with van der Waals surface area (Å²) in [6.45, 7) is 7.52. The monoisotopic (exact) mass is 270 g/mol. The lowest BCUT2D eigenvalue weighted by Gasteiger charge is -2.48. The molecule has 0 aromatic heterocycles. The number of hydrogen-bond donors (Lipinski definition) is 0. The first-order chi connectivity index (χ1) is 8.68. The molecule has 1 aliphatic carbocycles. The van der Waals surface area contributed by atoms with Crippen molar-refractivity contribution in [2.75, 3.05) is 7.11 Å². The van der Waals surface area contributed by atoms with Crippen LogP contribution in [0.15, 0.2) is 0 Å². The summed E-state index contributed by atoms with van der Waals surface area (Å²) in [5, 5.41) is 11.4. The summed E-state index contributed by atoms with van der Waals surface area (Å²) in [5.74, 6) is -0.318. The van der Waals surface area contributed by atoms with Gasteiger partial charge < -0.3 is 19.5 Å². The topological polar surface area (TPSA) is 69.7 Å². The molecule has 110 valence electrons. The van der Waals surface area contributed by atoms with Crippen molar-refractivity contribution >= 4 is 12.1 Å². The molecule has 1 rings (SSSR count). The molecule has 0 heterocycles. The Labute approximate surface area is 114 Å². The van der Waals surface area contributed by atoms with Crippen molar-refractivity contribution in [3.8, 4) is 0 Å². The van der Waals surface area contributed by atoms with Crippen molar-refractivity contribution in [1.29, 1.82) is 0 Å². The van der Waals surface area contributed by atoms with E-state index in [0.29, 0.717) is 18.8 Å². The highest BCUT2D eigenvalue weighted by atomic mass is 16.5. The molecule has 1 saturated carbocycles. The minimum atomic E-state index is -1.22. The zero-order valence-corrected chi connectivity index (χ0v) is 12.4. The third-order valence-electron chi connectivity index (χ3n) is 3.83. The molecule has 0 aromatic carbocycles. The molecule has 0 aromatic rings. The van der Waals surface area contributed by atoms with Gasteiger partial charge in [-0.25, -0.2) is 0 Å². The number of carbonyl (C=O) groups is 2. The molecule has 0 aliphatic heterocycles. The van der Waals surface area contributed by atoms with Gasteiger partial charge in [-0.2, -0.15) is 0 Å². The second-order valence-corrected chi connectivity index (χ2v) is 6.42. The Hall–Kier alpha value is -1.26. The van der Waals surface area contributed by atoms with E-state index in [2.05, 4.69) is 6.92 Å². The van der Waals surface area contributed by atoms with E-state index in [-0.39, 0.29) is 12.0 Å². The summed E-state index contributed by atoms with van der Waals surface area (Å²) in [6, 6.07) is -0.353. The highest BCUT2D eigenvalue weighted by Gasteiger charge is 2.41. The number of rotatable bonds is 2. The van der Waals surface area contributed by atoms with Crippen LogP contribution in [0.3, 0.4) is 0 Å². The molecule has 0 saturated heterocycles. The Bertz CT molecular complexity index is 348. The zero-order valence-electron chi connectivity index (χ0n) is 12.4. The third kappa shape index (κ3) is 3.61. The lowest BCUT2D eigenvalue weighted by Crippen LogP contribution is -2.60. The Balaban J connectivity index is 3.04. The Morgan fingerprint density at radius 3 is 2.26 bits per heavy atom.